The standard InChI is InChI=1S/C9H16N4/c1-3-7(2)13-5-4-8-9(6-13)11-12-10-8/h7H,3-6H2,1-2H3,(H,10,11,12). The molecule has 0 saturated carbocycles. The summed E-state index contributed by atoms with van der Waals surface area (Å²) >= 11 is 0. The predicted molar refractivity (Wildman–Crippen MR) is 50.2 cm³/mol. The van der Waals surface area contributed by atoms with E-state index >= 15 is 0 Å². The Morgan fingerprint density at radius 1 is 1.46 bits per heavy atom. The number of aromatic amines is 1. The quantitative estimate of drug-likeness (QED) is 0.737. The van der Waals surface area contributed by atoms with Gasteiger partial charge in [-0.05, 0) is 13.3 Å². The summed E-state index contributed by atoms with van der Waals surface area (Å²) in [4.78, 5) is 2.46. The Kier molecular flexibility index (Phi) is 2.31. The molecule has 1 aromatic rings. The fourth-order valence-corrected chi connectivity index (χ4v) is 1.76. The van der Waals surface area contributed by atoms with Crippen LogP contribution in [0.4, 0.5) is 0 Å². The van der Waals surface area contributed by atoms with Gasteiger partial charge in [-0.3, -0.25) is 4.90 Å². The molecule has 0 fully saturated rings. The molecule has 2 rings (SSSR count). The number of nitrogens with one attached hydrogen (secondary N) is 1. The Labute approximate surface area is 78.3 Å². The summed E-state index contributed by atoms with van der Waals surface area (Å²) in [6.07, 6.45) is 2.24. The van der Waals surface area contributed by atoms with Crippen molar-refractivity contribution in [1.82, 2.24) is 20.3 Å². The first-order chi connectivity index (χ1) is 6.31. The zero-order valence-corrected chi connectivity index (χ0v) is 8.25. The second-order valence-corrected chi connectivity index (χ2v) is 3.69. The van der Waals surface area contributed by atoms with Crippen LogP contribution in [-0.2, 0) is 13.0 Å². The van der Waals surface area contributed by atoms with Crippen LogP contribution in [0.15, 0.2) is 0 Å². The van der Waals surface area contributed by atoms with Crippen LogP contribution >= 0.6 is 0 Å². The Morgan fingerprint density at radius 3 is 3.00 bits per heavy atom. The highest BCUT2D eigenvalue weighted by molar-refractivity contribution is 5.12. The number of nitrogens with zero attached hydrogens (tertiary/aromatic N) is 3. The lowest BCUT2D eigenvalue weighted by molar-refractivity contribution is 0.183. The average molecular weight is 180 g/mol. The maximum absolute atomic E-state index is 4.15. The highest BCUT2D eigenvalue weighted by Gasteiger charge is 2.21. The minimum absolute atomic E-state index is 0.657. The van der Waals surface area contributed by atoms with E-state index in [0.29, 0.717) is 6.04 Å². The predicted octanol–water partition coefficient (Wildman–Crippen LogP) is 0.961. The summed E-state index contributed by atoms with van der Waals surface area (Å²) in [5.74, 6) is 0. The van der Waals surface area contributed by atoms with Crippen LogP contribution in [0.3, 0.4) is 0 Å². The van der Waals surface area contributed by atoms with Gasteiger partial charge in [-0.15, -0.1) is 0 Å². The molecule has 2 heterocycles. The molecule has 4 nitrogen and oxygen atoms in total. The third-order valence-corrected chi connectivity index (χ3v) is 2.91. The van der Waals surface area contributed by atoms with E-state index in [9.17, 15) is 0 Å². The Hall–Kier alpha value is -0.900. The van der Waals surface area contributed by atoms with Crippen LogP contribution in [0.5, 0.6) is 0 Å². The minimum Gasteiger partial charge on any atom is -0.294 e. The van der Waals surface area contributed by atoms with E-state index in [-0.39, 0.29) is 0 Å². The molecule has 0 amide bonds. The van der Waals surface area contributed by atoms with Gasteiger partial charge in [0, 0.05) is 25.6 Å². The molecule has 1 N–H and O–H groups in total. The zero-order chi connectivity index (χ0) is 9.26. The van der Waals surface area contributed by atoms with E-state index < -0.39 is 0 Å². The normalized spacial score (nSPS) is 19.8. The first-order valence-electron chi connectivity index (χ1n) is 4.93. The Bertz CT molecular complexity index is 281. The van der Waals surface area contributed by atoms with Crippen LogP contribution in [0.2, 0.25) is 0 Å². The number of aromatic nitrogens is 3. The topological polar surface area (TPSA) is 44.8 Å². The molecule has 72 valence electrons. The smallest absolute Gasteiger partial charge is 0.0997 e. The Balaban J connectivity index is 2.08. The third kappa shape index (κ3) is 1.58. The molecular weight excluding hydrogens is 164 g/mol. The summed E-state index contributed by atoms with van der Waals surface area (Å²) in [7, 11) is 0. The Morgan fingerprint density at radius 2 is 2.23 bits per heavy atom. The van der Waals surface area contributed by atoms with Gasteiger partial charge in [0.2, 0.25) is 0 Å². The molecule has 1 aliphatic heterocycles. The number of fused-ring (bicyclic) bond motifs is 1. The van der Waals surface area contributed by atoms with Gasteiger partial charge in [0.05, 0.1) is 11.4 Å². The molecule has 0 saturated heterocycles. The molecule has 0 radical (unpaired) electrons. The van der Waals surface area contributed by atoms with Gasteiger partial charge >= 0.3 is 0 Å². The SMILES string of the molecule is CCC(C)N1CCc2n[nH]nc2C1. The van der Waals surface area contributed by atoms with Gasteiger partial charge in [0.25, 0.3) is 0 Å². The van der Waals surface area contributed by atoms with Gasteiger partial charge in [-0.25, -0.2) is 0 Å². The largest absolute Gasteiger partial charge is 0.294 e. The summed E-state index contributed by atoms with van der Waals surface area (Å²) in [5.41, 5.74) is 2.28. The lowest BCUT2D eigenvalue weighted by Gasteiger charge is -2.30. The van der Waals surface area contributed by atoms with Gasteiger partial charge in [-0.2, -0.15) is 15.4 Å². The second kappa shape index (κ2) is 3.46. The van der Waals surface area contributed by atoms with Crippen molar-refractivity contribution in [3.05, 3.63) is 11.4 Å². The van der Waals surface area contributed by atoms with Crippen molar-refractivity contribution in [2.75, 3.05) is 6.54 Å². The first kappa shape index (κ1) is 8.69. The van der Waals surface area contributed by atoms with E-state index in [1.165, 1.54) is 6.42 Å². The summed E-state index contributed by atoms with van der Waals surface area (Å²) < 4.78 is 0. The summed E-state index contributed by atoms with van der Waals surface area (Å²) in [6, 6.07) is 0.657. The maximum atomic E-state index is 4.15. The highest BCUT2D eigenvalue weighted by Crippen LogP contribution is 2.17. The molecule has 0 aliphatic carbocycles. The molecule has 1 atom stereocenters. The highest BCUT2D eigenvalue weighted by atomic mass is 15.3. The monoisotopic (exact) mass is 180 g/mol. The van der Waals surface area contributed by atoms with Crippen molar-refractivity contribution in [1.29, 1.82) is 0 Å². The molecule has 4 heteroatoms. The van der Waals surface area contributed by atoms with Crippen LogP contribution in [0.25, 0.3) is 0 Å². The maximum Gasteiger partial charge on any atom is 0.0997 e. The lowest BCUT2D eigenvalue weighted by Crippen LogP contribution is -2.37. The van der Waals surface area contributed by atoms with Crippen molar-refractivity contribution in [3.8, 4) is 0 Å². The number of hydrogen-bond donors (Lipinski definition) is 1. The third-order valence-electron chi connectivity index (χ3n) is 2.91. The fraction of sp³-hybridized carbons (Fsp3) is 0.778. The van der Waals surface area contributed by atoms with E-state index in [4.69, 9.17) is 0 Å². The van der Waals surface area contributed by atoms with Crippen molar-refractivity contribution >= 4 is 0 Å². The van der Waals surface area contributed by atoms with E-state index in [1.54, 1.807) is 0 Å². The number of H-pyrrole nitrogens is 1. The summed E-state index contributed by atoms with van der Waals surface area (Å²) in [6.45, 7) is 6.57. The van der Waals surface area contributed by atoms with E-state index in [0.717, 1.165) is 30.9 Å². The first-order valence-corrected chi connectivity index (χ1v) is 4.93. The second-order valence-electron chi connectivity index (χ2n) is 3.69. The molecular formula is C9H16N4. The minimum atomic E-state index is 0.657. The van der Waals surface area contributed by atoms with E-state index in [2.05, 4.69) is 34.2 Å². The van der Waals surface area contributed by atoms with Gasteiger partial charge in [0.15, 0.2) is 0 Å². The lowest BCUT2D eigenvalue weighted by atomic mass is 10.1. The van der Waals surface area contributed by atoms with Crippen molar-refractivity contribution in [2.24, 2.45) is 0 Å². The van der Waals surface area contributed by atoms with Gasteiger partial charge in [0.1, 0.15) is 0 Å². The molecule has 13 heavy (non-hydrogen) atoms. The number of hydrogen-bond acceptors (Lipinski definition) is 3. The average Bonchev–Trinajstić information content (AvgIpc) is 2.63. The van der Waals surface area contributed by atoms with Gasteiger partial charge in [-0.1, -0.05) is 6.92 Å². The summed E-state index contributed by atoms with van der Waals surface area (Å²) in [5, 5.41) is 11.0. The fourth-order valence-electron chi connectivity index (χ4n) is 1.76. The van der Waals surface area contributed by atoms with Crippen LogP contribution in [0, 0.1) is 0 Å². The van der Waals surface area contributed by atoms with E-state index in [1.807, 2.05) is 0 Å². The van der Waals surface area contributed by atoms with Crippen molar-refractivity contribution in [3.63, 3.8) is 0 Å². The molecule has 0 aromatic carbocycles. The molecule has 1 unspecified atom stereocenters. The molecule has 1 aromatic heterocycles. The van der Waals surface area contributed by atoms with Crippen LogP contribution in [0.1, 0.15) is 31.7 Å². The zero-order valence-electron chi connectivity index (χ0n) is 8.25. The number of rotatable bonds is 2. The van der Waals surface area contributed by atoms with Crippen LogP contribution < -0.4 is 0 Å². The van der Waals surface area contributed by atoms with Crippen molar-refractivity contribution < 1.29 is 0 Å². The van der Waals surface area contributed by atoms with Gasteiger partial charge < -0.3 is 0 Å². The molecule has 1 aliphatic rings. The molecule has 0 bridgehead atoms. The van der Waals surface area contributed by atoms with Crippen molar-refractivity contribution in [2.45, 2.75) is 39.3 Å². The van der Waals surface area contributed by atoms with Crippen LogP contribution in [-0.4, -0.2) is 32.9 Å². The molecule has 0 spiro atoms.